The number of rotatable bonds is 6. The van der Waals surface area contributed by atoms with Gasteiger partial charge in [0.2, 0.25) is 0 Å². The third kappa shape index (κ3) is 3.99. The fourth-order valence-corrected chi connectivity index (χ4v) is 3.29. The van der Waals surface area contributed by atoms with Crippen molar-refractivity contribution in [3.8, 4) is 5.75 Å². The summed E-state index contributed by atoms with van der Waals surface area (Å²) in [6.07, 6.45) is -0.0495. The first-order chi connectivity index (χ1) is 12.6. The molecule has 0 N–H and O–H groups in total. The van der Waals surface area contributed by atoms with Crippen LogP contribution in [0.1, 0.15) is 22.8 Å². The molecule has 5 heteroatoms. The minimum Gasteiger partial charge on any atom is -0.485 e. The molecule has 1 amide bonds. The van der Waals surface area contributed by atoms with Crippen LogP contribution in [0.4, 0.5) is 5.69 Å². The van der Waals surface area contributed by atoms with Crippen LogP contribution in [-0.2, 0) is 11.3 Å². The molecule has 1 unspecified atom stereocenters. The van der Waals surface area contributed by atoms with Crippen molar-refractivity contribution >= 4 is 11.6 Å². The van der Waals surface area contributed by atoms with Gasteiger partial charge in [-0.05, 0) is 36.8 Å². The van der Waals surface area contributed by atoms with Gasteiger partial charge >= 0.3 is 0 Å². The Morgan fingerprint density at radius 1 is 1.23 bits per heavy atom. The normalized spacial score (nSPS) is 16.0. The quantitative estimate of drug-likeness (QED) is 0.799. The second kappa shape index (κ2) is 8.23. The smallest absolute Gasteiger partial charge is 0.253 e. The molecule has 0 aliphatic carbocycles. The predicted octanol–water partition coefficient (Wildman–Crippen LogP) is 3.19. The molecule has 0 bridgehead atoms. The summed E-state index contributed by atoms with van der Waals surface area (Å²) in [5, 5.41) is 0. The average Bonchev–Trinajstić information content (AvgIpc) is 2.67. The van der Waals surface area contributed by atoms with Gasteiger partial charge in [-0.3, -0.25) is 4.79 Å². The van der Waals surface area contributed by atoms with Crippen LogP contribution in [0, 0.1) is 0 Å². The summed E-state index contributed by atoms with van der Waals surface area (Å²) in [7, 11) is 3.49. The lowest BCUT2D eigenvalue weighted by Gasteiger charge is -2.37. The second-order valence-corrected chi connectivity index (χ2v) is 6.56. The molecule has 138 valence electrons. The van der Waals surface area contributed by atoms with Gasteiger partial charge in [-0.2, -0.15) is 0 Å². The van der Waals surface area contributed by atoms with Crippen LogP contribution in [0.2, 0.25) is 0 Å². The van der Waals surface area contributed by atoms with Crippen molar-refractivity contribution in [1.82, 2.24) is 4.90 Å². The maximum Gasteiger partial charge on any atom is 0.253 e. The molecule has 1 aliphatic rings. The number of likely N-dealkylation sites (N-methyl/N-ethyl adjacent to an activating group) is 2. The molecule has 0 radical (unpaired) electrons. The molecule has 0 spiro atoms. The molecule has 5 nitrogen and oxygen atoms in total. The largest absolute Gasteiger partial charge is 0.485 e. The van der Waals surface area contributed by atoms with E-state index in [2.05, 4.69) is 17.9 Å². The lowest BCUT2D eigenvalue weighted by molar-refractivity contribution is 0.0709. The lowest BCUT2D eigenvalue weighted by atomic mass is 10.1. The Balaban J connectivity index is 1.66. The number of anilines is 1. The number of fused-ring (bicyclic) bond motifs is 1. The molecular weight excluding hydrogens is 328 g/mol. The van der Waals surface area contributed by atoms with Crippen molar-refractivity contribution in [1.29, 1.82) is 0 Å². The van der Waals surface area contributed by atoms with Gasteiger partial charge in [0.1, 0.15) is 11.9 Å². The number of hydrogen-bond donors (Lipinski definition) is 0. The minimum atomic E-state index is -0.0495. The minimum absolute atomic E-state index is 0.000487. The number of carbonyl (C=O) groups is 1. The average molecular weight is 354 g/mol. The first kappa shape index (κ1) is 18.3. The van der Waals surface area contributed by atoms with E-state index in [0.29, 0.717) is 18.7 Å². The van der Waals surface area contributed by atoms with Crippen molar-refractivity contribution < 1.29 is 14.3 Å². The molecule has 0 saturated carbocycles. The first-order valence-electron chi connectivity index (χ1n) is 8.96. The van der Waals surface area contributed by atoms with Crippen LogP contribution < -0.4 is 9.64 Å². The van der Waals surface area contributed by atoms with Crippen LogP contribution in [0.5, 0.6) is 5.75 Å². The summed E-state index contributed by atoms with van der Waals surface area (Å²) in [6, 6.07) is 15.6. The summed E-state index contributed by atoms with van der Waals surface area (Å²) in [5.74, 6) is 0.884. The molecule has 0 fully saturated rings. The summed E-state index contributed by atoms with van der Waals surface area (Å²) in [4.78, 5) is 16.7. The van der Waals surface area contributed by atoms with Gasteiger partial charge in [-0.25, -0.2) is 0 Å². The molecule has 3 rings (SSSR count). The van der Waals surface area contributed by atoms with E-state index in [1.165, 1.54) is 0 Å². The highest BCUT2D eigenvalue weighted by Gasteiger charge is 2.26. The summed E-state index contributed by atoms with van der Waals surface area (Å²) in [5.41, 5.74) is 2.85. The van der Waals surface area contributed by atoms with E-state index >= 15 is 0 Å². The maximum atomic E-state index is 12.7. The van der Waals surface area contributed by atoms with Gasteiger partial charge in [0.25, 0.3) is 5.91 Å². The Morgan fingerprint density at radius 3 is 2.65 bits per heavy atom. The van der Waals surface area contributed by atoms with E-state index in [9.17, 15) is 4.79 Å². The Labute approximate surface area is 155 Å². The van der Waals surface area contributed by atoms with Gasteiger partial charge in [-0.15, -0.1) is 0 Å². The van der Waals surface area contributed by atoms with Crippen molar-refractivity contribution in [2.75, 3.05) is 38.7 Å². The molecule has 26 heavy (non-hydrogen) atoms. The van der Waals surface area contributed by atoms with Crippen LogP contribution in [-0.4, -0.2) is 50.7 Å². The Hall–Kier alpha value is -2.53. The number of nitrogens with zero attached hydrogens (tertiary/aromatic N) is 2. The van der Waals surface area contributed by atoms with Crippen LogP contribution in [0.15, 0.2) is 48.5 Å². The zero-order valence-electron chi connectivity index (χ0n) is 15.6. The Kier molecular flexibility index (Phi) is 5.78. The van der Waals surface area contributed by atoms with E-state index in [4.69, 9.17) is 9.47 Å². The fourth-order valence-electron chi connectivity index (χ4n) is 3.29. The highest BCUT2D eigenvalue weighted by molar-refractivity contribution is 5.94. The van der Waals surface area contributed by atoms with Gasteiger partial charge in [-0.1, -0.05) is 24.3 Å². The molecule has 2 aromatic carbocycles. The molecule has 1 heterocycles. The molecule has 2 aromatic rings. The Morgan fingerprint density at radius 2 is 1.96 bits per heavy atom. The predicted molar refractivity (Wildman–Crippen MR) is 103 cm³/mol. The highest BCUT2D eigenvalue weighted by Crippen LogP contribution is 2.32. The summed E-state index contributed by atoms with van der Waals surface area (Å²) >= 11 is 0. The first-order valence-corrected chi connectivity index (χ1v) is 8.96. The highest BCUT2D eigenvalue weighted by atomic mass is 16.5. The van der Waals surface area contributed by atoms with Crippen LogP contribution >= 0.6 is 0 Å². The fraction of sp³-hybridized carbons (Fsp3) is 0.381. The van der Waals surface area contributed by atoms with E-state index < -0.39 is 0 Å². The zero-order valence-corrected chi connectivity index (χ0v) is 15.6. The van der Waals surface area contributed by atoms with Crippen LogP contribution in [0.3, 0.4) is 0 Å². The van der Waals surface area contributed by atoms with E-state index in [0.717, 1.165) is 30.1 Å². The van der Waals surface area contributed by atoms with Gasteiger partial charge < -0.3 is 19.3 Å². The number of carbonyl (C=O) groups excluding carboxylic acids is 1. The third-order valence-corrected chi connectivity index (χ3v) is 4.64. The van der Waals surface area contributed by atoms with E-state index in [1.807, 2.05) is 49.5 Å². The van der Waals surface area contributed by atoms with Gasteiger partial charge in [0.15, 0.2) is 0 Å². The molecular formula is C21H26N2O3. The molecule has 1 atom stereocenters. The van der Waals surface area contributed by atoms with Crippen molar-refractivity contribution in [3.63, 3.8) is 0 Å². The second-order valence-electron chi connectivity index (χ2n) is 6.56. The summed E-state index contributed by atoms with van der Waals surface area (Å²) < 4.78 is 11.2. The third-order valence-electron chi connectivity index (χ3n) is 4.64. The topological polar surface area (TPSA) is 42.0 Å². The summed E-state index contributed by atoms with van der Waals surface area (Å²) in [6.45, 7) is 4.92. The standard InChI is InChI=1S/C21H26N2O3/c1-4-23-14-18(26-20-8-6-5-7-19(20)23)13-22(2)21(24)17-11-9-16(10-12-17)15-25-3/h5-12,18H,4,13-15H2,1-3H3. The molecule has 0 aromatic heterocycles. The lowest BCUT2D eigenvalue weighted by Crippen LogP contribution is -2.46. The number of hydrogen-bond acceptors (Lipinski definition) is 4. The number of benzene rings is 2. The SMILES string of the molecule is CCN1CC(CN(C)C(=O)c2ccc(COC)cc2)Oc2ccccc21. The van der Waals surface area contributed by atoms with E-state index in [1.54, 1.807) is 12.0 Å². The number of para-hydroxylation sites is 2. The van der Waals surface area contributed by atoms with Crippen molar-refractivity contribution in [2.45, 2.75) is 19.6 Å². The number of amides is 1. The van der Waals surface area contributed by atoms with E-state index in [-0.39, 0.29) is 12.0 Å². The van der Waals surface area contributed by atoms with Crippen molar-refractivity contribution in [2.24, 2.45) is 0 Å². The maximum absolute atomic E-state index is 12.7. The van der Waals surface area contributed by atoms with Crippen molar-refractivity contribution in [3.05, 3.63) is 59.7 Å². The molecule has 0 saturated heterocycles. The molecule has 1 aliphatic heterocycles. The number of ether oxygens (including phenoxy) is 2. The van der Waals surface area contributed by atoms with Gasteiger partial charge in [0, 0.05) is 26.3 Å². The number of methoxy groups -OCH3 is 1. The van der Waals surface area contributed by atoms with Gasteiger partial charge in [0.05, 0.1) is 25.4 Å². The van der Waals surface area contributed by atoms with Crippen LogP contribution in [0.25, 0.3) is 0 Å². The zero-order chi connectivity index (χ0) is 18.5. The Bertz CT molecular complexity index is 745. The monoisotopic (exact) mass is 354 g/mol.